The van der Waals surface area contributed by atoms with Gasteiger partial charge < -0.3 is 15.4 Å². The van der Waals surface area contributed by atoms with Gasteiger partial charge in [-0.1, -0.05) is 48.5 Å². The number of nitrogens with two attached hydrogens (primary N) is 1. The van der Waals surface area contributed by atoms with Gasteiger partial charge in [-0.3, -0.25) is 9.59 Å². The summed E-state index contributed by atoms with van der Waals surface area (Å²) < 4.78 is 33.8. The number of carbonyl (C=O) groups excluding carboxylic acids is 2. The molecule has 40 heavy (non-hydrogen) atoms. The first-order valence-electron chi connectivity index (χ1n) is 12.9. The molecule has 1 saturated heterocycles. The van der Waals surface area contributed by atoms with Gasteiger partial charge in [-0.25, -0.2) is 18.4 Å². The number of nitrogens with zero attached hydrogens (tertiary/aromatic N) is 4. The van der Waals surface area contributed by atoms with E-state index in [1.807, 2.05) is 24.3 Å². The molecule has 204 valence electrons. The number of ether oxygens (including phenoxy) is 1. The Balaban J connectivity index is 1.42. The van der Waals surface area contributed by atoms with Gasteiger partial charge in [0, 0.05) is 30.6 Å². The van der Waals surface area contributed by atoms with Crippen molar-refractivity contribution in [3.05, 3.63) is 83.6 Å². The summed E-state index contributed by atoms with van der Waals surface area (Å²) in [6, 6.07) is 18.8. The van der Waals surface area contributed by atoms with Crippen LogP contribution < -0.4 is 5.73 Å². The normalized spacial score (nSPS) is 17.2. The Labute approximate surface area is 231 Å². The highest BCUT2D eigenvalue weighted by Gasteiger charge is 2.41. The Kier molecular flexibility index (Phi) is 6.47. The van der Waals surface area contributed by atoms with Gasteiger partial charge in [-0.05, 0) is 47.7 Å². The second-order valence-electron chi connectivity index (χ2n) is 9.89. The van der Waals surface area contributed by atoms with Crippen molar-refractivity contribution in [3.8, 4) is 11.1 Å². The van der Waals surface area contributed by atoms with E-state index in [2.05, 4.69) is 9.97 Å². The molecule has 2 aliphatic rings. The summed E-state index contributed by atoms with van der Waals surface area (Å²) in [6.45, 7) is 1.13. The third-order valence-electron chi connectivity index (χ3n) is 7.51. The molecule has 6 rings (SSSR count). The van der Waals surface area contributed by atoms with Crippen LogP contribution in [0, 0.1) is 0 Å². The largest absolute Gasteiger partial charge is 0.468 e. The zero-order valence-electron chi connectivity index (χ0n) is 21.8. The van der Waals surface area contributed by atoms with Crippen LogP contribution in [-0.2, 0) is 32.6 Å². The molecule has 0 radical (unpaired) electrons. The van der Waals surface area contributed by atoms with Crippen LogP contribution in [0.15, 0.2) is 71.6 Å². The predicted octanol–water partition coefficient (Wildman–Crippen LogP) is 3.36. The first-order chi connectivity index (χ1) is 19.3. The summed E-state index contributed by atoms with van der Waals surface area (Å²) in [5, 5.41) is 0.466. The van der Waals surface area contributed by atoms with Crippen LogP contribution in [0.5, 0.6) is 0 Å². The highest BCUT2D eigenvalue weighted by molar-refractivity contribution is 7.89. The third-order valence-corrected chi connectivity index (χ3v) is 9.47. The monoisotopic (exact) mass is 557 g/mol. The highest BCUT2D eigenvalue weighted by atomic mass is 32.2. The van der Waals surface area contributed by atoms with Gasteiger partial charge >= 0.3 is 5.97 Å². The van der Waals surface area contributed by atoms with Gasteiger partial charge in [0.25, 0.3) is 5.91 Å². The fraction of sp³-hybridized carbons (Fsp3) is 0.241. The fourth-order valence-electron chi connectivity index (χ4n) is 5.56. The minimum atomic E-state index is -4.05. The van der Waals surface area contributed by atoms with Gasteiger partial charge in [0.15, 0.2) is 0 Å². The van der Waals surface area contributed by atoms with E-state index in [1.165, 1.54) is 17.5 Å². The van der Waals surface area contributed by atoms with Crippen LogP contribution >= 0.6 is 0 Å². The lowest BCUT2D eigenvalue weighted by Crippen LogP contribution is -2.41. The van der Waals surface area contributed by atoms with E-state index in [0.29, 0.717) is 48.0 Å². The van der Waals surface area contributed by atoms with Crippen molar-refractivity contribution in [1.82, 2.24) is 19.2 Å². The van der Waals surface area contributed by atoms with Crippen molar-refractivity contribution in [3.63, 3.8) is 0 Å². The van der Waals surface area contributed by atoms with Gasteiger partial charge in [-0.15, -0.1) is 0 Å². The summed E-state index contributed by atoms with van der Waals surface area (Å²) in [5.74, 6) is -0.885. The Bertz CT molecular complexity index is 1750. The van der Waals surface area contributed by atoms with Crippen molar-refractivity contribution in [2.24, 2.45) is 0 Å². The number of sulfonamides is 1. The van der Waals surface area contributed by atoms with Gasteiger partial charge in [0.2, 0.25) is 16.0 Å². The van der Waals surface area contributed by atoms with Gasteiger partial charge in [-0.2, -0.15) is 4.31 Å². The van der Waals surface area contributed by atoms with Crippen LogP contribution in [0.2, 0.25) is 0 Å². The molecular formula is C29H27N5O5S. The molecule has 2 N–H and O–H groups in total. The average molecular weight is 558 g/mol. The summed E-state index contributed by atoms with van der Waals surface area (Å²) in [6.07, 6.45) is 0.955. The molecule has 11 heteroatoms. The van der Waals surface area contributed by atoms with E-state index < -0.39 is 22.0 Å². The van der Waals surface area contributed by atoms with E-state index in [1.54, 1.807) is 41.3 Å². The maximum Gasteiger partial charge on any atom is 0.324 e. The molecule has 1 unspecified atom stereocenters. The number of fused-ring (bicyclic) bond motifs is 2. The molecule has 1 fully saturated rings. The zero-order chi connectivity index (χ0) is 28.0. The van der Waals surface area contributed by atoms with E-state index >= 15 is 0 Å². The Morgan fingerprint density at radius 3 is 2.40 bits per heavy atom. The molecule has 1 amide bonds. The first kappa shape index (κ1) is 25.9. The number of hydrogen-bond donors (Lipinski definition) is 1. The van der Waals surface area contributed by atoms with Gasteiger partial charge in [0.1, 0.15) is 11.7 Å². The van der Waals surface area contributed by atoms with Crippen molar-refractivity contribution >= 4 is 38.8 Å². The standard InChI is InChI=1S/C29H27N5O5S/c1-39-28(36)24-10-6-14-34(24)40(37,38)25-11-5-4-9-21(25)18-12-13-23-22(15-18)26(32-29(30)31-23)27(35)33-16-19-7-2-3-8-20(19)17-33/h2-5,7-9,11-13,15,24H,6,10,14,16-17H2,1H3,(H2,30,31,32). The van der Waals surface area contributed by atoms with Crippen molar-refractivity contribution < 1.29 is 22.7 Å². The molecule has 10 nitrogen and oxygen atoms in total. The van der Waals surface area contributed by atoms with E-state index in [-0.39, 0.29) is 29.0 Å². The van der Waals surface area contributed by atoms with Crippen molar-refractivity contribution in [2.45, 2.75) is 36.9 Å². The summed E-state index contributed by atoms with van der Waals surface area (Å²) in [4.78, 5) is 36.4. The molecule has 1 atom stereocenters. The molecular weight excluding hydrogens is 530 g/mol. The second kappa shape index (κ2) is 10.00. The number of benzene rings is 3. The lowest BCUT2D eigenvalue weighted by Gasteiger charge is -2.23. The number of esters is 1. The number of rotatable bonds is 5. The number of methoxy groups -OCH3 is 1. The third kappa shape index (κ3) is 4.37. The average Bonchev–Trinajstić information content (AvgIpc) is 3.64. The van der Waals surface area contributed by atoms with Crippen LogP contribution in [0.3, 0.4) is 0 Å². The number of nitrogen functional groups attached to an aromatic ring is 1. The molecule has 4 aromatic rings. The Hall–Kier alpha value is -4.35. The van der Waals surface area contributed by atoms with Crippen molar-refractivity contribution in [1.29, 1.82) is 0 Å². The Morgan fingerprint density at radius 1 is 0.975 bits per heavy atom. The first-order valence-corrected chi connectivity index (χ1v) is 14.3. The zero-order valence-corrected chi connectivity index (χ0v) is 22.6. The highest BCUT2D eigenvalue weighted by Crippen LogP contribution is 2.35. The molecule has 3 aromatic carbocycles. The number of aromatic nitrogens is 2. The minimum absolute atomic E-state index is 0.0221. The van der Waals surface area contributed by atoms with Crippen molar-refractivity contribution in [2.75, 3.05) is 19.4 Å². The number of carbonyl (C=O) groups is 2. The van der Waals surface area contributed by atoms with Crippen LogP contribution in [-0.4, -0.2) is 59.2 Å². The molecule has 3 heterocycles. The maximum atomic E-state index is 13.8. The molecule has 2 aliphatic heterocycles. The molecule has 1 aromatic heterocycles. The van der Waals surface area contributed by atoms with E-state index in [9.17, 15) is 18.0 Å². The van der Waals surface area contributed by atoms with Crippen LogP contribution in [0.1, 0.15) is 34.5 Å². The van der Waals surface area contributed by atoms with E-state index in [0.717, 1.165) is 11.1 Å². The number of amides is 1. The van der Waals surface area contributed by atoms with E-state index in [4.69, 9.17) is 10.5 Å². The second-order valence-corrected chi connectivity index (χ2v) is 11.7. The summed E-state index contributed by atoms with van der Waals surface area (Å²) >= 11 is 0. The predicted molar refractivity (Wildman–Crippen MR) is 148 cm³/mol. The smallest absolute Gasteiger partial charge is 0.324 e. The number of hydrogen-bond acceptors (Lipinski definition) is 8. The molecule has 0 saturated carbocycles. The fourth-order valence-corrected chi connectivity index (χ4v) is 7.42. The number of anilines is 1. The minimum Gasteiger partial charge on any atom is -0.468 e. The lowest BCUT2D eigenvalue weighted by atomic mass is 10.0. The quantitative estimate of drug-likeness (QED) is 0.369. The summed E-state index contributed by atoms with van der Waals surface area (Å²) in [7, 11) is -2.79. The molecule has 0 spiro atoms. The van der Waals surface area contributed by atoms with Crippen LogP contribution in [0.25, 0.3) is 22.0 Å². The molecule has 0 bridgehead atoms. The maximum absolute atomic E-state index is 13.8. The Morgan fingerprint density at radius 2 is 1.68 bits per heavy atom. The summed E-state index contributed by atoms with van der Waals surface area (Å²) in [5.41, 5.74) is 9.76. The van der Waals surface area contributed by atoms with Crippen LogP contribution in [0.4, 0.5) is 5.95 Å². The van der Waals surface area contributed by atoms with Gasteiger partial charge in [0.05, 0.1) is 17.5 Å². The SMILES string of the molecule is COC(=O)C1CCCN1S(=O)(=O)c1ccccc1-c1ccc2nc(N)nc(C(=O)N3Cc4ccccc4C3)c2c1. The molecule has 0 aliphatic carbocycles. The lowest BCUT2D eigenvalue weighted by molar-refractivity contribution is -0.144. The topological polar surface area (TPSA) is 136 Å².